The van der Waals surface area contributed by atoms with Gasteiger partial charge in [0.05, 0.1) is 15.6 Å². The molecule has 0 atom stereocenters. The van der Waals surface area contributed by atoms with Crippen molar-refractivity contribution in [2.75, 3.05) is 5.32 Å². The summed E-state index contributed by atoms with van der Waals surface area (Å²) >= 11 is 11.7. The van der Waals surface area contributed by atoms with Crippen LogP contribution in [0, 0.1) is 17.2 Å². The van der Waals surface area contributed by atoms with Gasteiger partial charge in [0.2, 0.25) is 5.91 Å². The maximum Gasteiger partial charge on any atom is 0.436 e. The van der Waals surface area contributed by atoms with Crippen LogP contribution in [-0.2, 0) is 17.1 Å². The summed E-state index contributed by atoms with van der Waals surface area (Å²) in [6.07, 6.45) is -8.88. The van der Waals surface area contributed by atoms with Gasteiger partial charge < -0.3 is 5.32 Å². The Morgan fingerprint density at radius 2 is 1.69 bits per heavy atom. The first-order chi connectivity index (χ1) is 13.3. The number of nitrogens with one attached hydrogen (secondary N) is 1. The molecule has 3 rings (SSSR count). The van der Waals surface area contributed by atoms with Gasteiger partial charge in [-0.3, -0.25) is 4.79 Å². The minimum absolute atomic E-state index is 0.423. The predicted octanol–water partition coefficient (Wildman–Crippen LogP) is 5.44. The molecular weight excluding hydrogens is 449 g/mol. The maximum atomic E-state index is 13.3. The predicted molar refractivity (Wildman–Crippen MR) is 89.7 cm³/mol. The first-order valence-corrected chi connectivity index (χ1v) is 8.58. The fraction of sp³-hybridized carbons (Fsp3) is 0.312. The van der Waals surface area contributed by atoms with Crippen LogP contribution in [0.5, 0.6) is 0 Å². The van der Waals surface area contributed by atoms with Gasteiger partial charge >= 0.3 is 12.4 Å². The second-order valence-electron chi connectivity index (χ2n) is 6.14. The highest BCUT2D eigenvalue weighted by molar-refractivity contribution is 6.38. The highest BCUT2D eigenvalue weighted by atomic mass is 35.5. The van der Waals surface area contributed by atoms with E-state index in [4.69, 9.17) is 23.2 Å². The molecule has 1 aromatic carbocycles. The fourth-order valence-corrected chi connectivity index (χ4v) is 3.14. The van der Waals surface area contributed by atoms with E-state index in [0.29, 0.717) is 29.7 Å². The van der Waals surface area contributed by atoms with Crippen LogP contribution in [0.4, 0.5) is 32.2 Å². The van der Waals surface area contributed by atoms with Gasteiger partial charge in [0.15, 0.2) is 11.5 Å². The Balaban J connectivity index is 2.25. The minimum Gasteiger partial charge on any atom is -0.309 e. The summed E-state index contributed by atoms with van der Waals surface area (Å²) in [5.74, 6) is -1.78. The molecule has 1 amide bonds. The van der Waals surface area contributed by atoms with E-state index in [0.717, 1.165) is 0 Å². The van der Waals surface area contributed by atoms with E-state index in [1.165, 1.54) is 6.07 Å². The first kappa shape index (κ1) is 21.3. The third kappa shape index (κ3) is 4.13. The smallest absolute Gasteiger partial charge is 0.309 e. The van der Waals surface area contributed by atoms with Crippen molar-refractivity contribution in [3.63, 3.8) is 0 Å². The van der Waals surface area contributed by atoms with Crippen molar-refractivity contribution in [3.8, 4) is 11.8 Å². The van der Waals surface area contributed by atoms with Crippen LogP contribution in [0.3, 0.4) is 0 Å². The zero-order chi connectivity index (χ0) is 21.7. The molecule has 0 spiro atoms. The molecule has 1 aliphatic rings. The number of nitrogens with zero attached hydrogens (tertiary/aromatic N) is 3. The molecule has 1 saturated carbocycles. The minimum atomic E-state index is -5.08. The maximum absolute atomic E-state index is 13.3. The largest absolute Gasteiger partial charge is 0.436 e. The average molecular weight is 457 g/mol. The molecule has 1 N–H and O–H groups in total. The lowest BCUT2D eigenvalue weighted by Crippen LogP contribution is -2.17. The standard InChI is InChI=1S/C16H8Cl2F6N4O/c17-9-3-7(15(19,20)21)4-10(18)11(9)28-13(26-14(29)6-1-2-6)8(5-25)12(27-28)16(22,23)24/h3-4,6H,1-2H2,(H,26,29). The topological polar surface area (TPSA) is 70.7 Å². The quantitative estimate of drug-likeness (QED) is 0.625. The molecule has 2 aromatic rings. The second-order valence-corrected chi connectivity index (χ2v) is 6.96. The molecule has 13 heteroatoms. The third-order valence-corrected chi connectivity index (χ3v) is 4.59. The molecule has 0 aliphatic heterocycles. The monoisotopic (exact) mass is 456 g/mol. The number of carbonyl (C=O) groups is 1. The Morgan fingerprint density at radius 1 is 1.14 bits per heavy atom. The Morgan fingerprint density at radius 3 is 2.10 bits per heavy atom. The lowest BCUT2D eigenvalue weighted by molar-refractivity contribution is -0.141. The number of rotatable bonds is 3. The summed E-state index contributed by atoms with van der Waals surface area (Å²) in [5.41, 5.74) is -4.43. The molecule has 154 valence electrons. The van der Waals surface area contributed by atoms with Crippen LogP contribution in [-0.4, -0.2) is 15.7 Å². The highest BCUT2D eigenvalue weighted by Crippen LogP contribution is 2.42. The lowest BCUT2D eigenvalue weighted by atomic mass is 10.2. The van der Waals surface area contributed by atoms with Crippen LogP contribution in [0.15, 0.2) is 12.1 Å². The number of halogens is 8. The summed E-state index contributed by atoms with van der Waals surface area (Å²) in [4.78, 5) is 12.1. The summed E-state index contributed by atoms with van der Waals surface area (Å²) in [6, 6.07) is 2.23. The van der Waals surface area contributed by atoms with Crippen molar-refractivity contribution in [3.05, 3.63) is 39.0 Å². The summed E-state index contributed by atoms with van der Waals surface area (Å²) in [7, 11) is 0. The molecule has 5 nitrogen and oxygen atoms in total. The molecule has 0 saturated heterocycles. The molecular formula is C16H8Cl2F6N4O. The fourth-order valence-electron chi connectivity index (χ4n) is 2.50. The van der Waals surface area contributed by atoms with E-state index in [1.54, 1.807) is 0 Å². The van der Waals surface area contributed by atoms with Crippen LogP contribution in [0.25, 0.3) is 5.69 Å². The number of amides is 1. The zero-order valence-electron chi connectivity index (χ0n) is 13.9. The van der Waals surface area contributed by atoms with E-state index >= 15 is 0 Å². The van der Waals surface area contributed by atoms with Crippen molar-refractivity contribution in [2.45, 2.75) is 25.2 Å². The number of nitriles is 1. The zero-order valence-corrected chi connectivity index (χ0v) is 15.4. The molecule has 1 heterocycles. The average Bonchev–Trinajstić information content (AvgIpc) is 3.36. The highest BCUT2D eigenvalue weighted by Gasteiger charge is 2.42. The van der Waals surface area contributed by atoms with Crippen molar-refractivity contribution in [2.24, 2.45) is 5.92 Å². The molecule has 0 unspecified atom stereocenters. The Labute approximate surface area is 168 Å². The van der Waals surface area contributed by atoms with Gasteiger partial charge in [-0.15, -0.1) is 0 Å². The molecule has 1 aliphatic carbocycles. The van der Waals surface area contributed by atoms with Gasteiger partial charge in [0, 0.05) is 5.92 Å². The number of aromatic nitrogens is 2. The molecule has 1 fully saturated rings. The van der Waals surface area contributed by atoms with E-state index in [-0.39, 0.29) is 0 Å². The molecule has 1 aromatic heterocycles. The lowest BCUT2D eigenvalue weighted by Gasteiger charge is -2.15. The van der Waals surface area contributed by atoms with Gasteiger partial charge in [-0.25, -0.2) is 4.68 Å². The van der Waals surface area contributed by atoms with Gasteiger partial charge in [-0.1, -0.05) is 23.2 Å². The SMILES string of the molecule is N#Cc1c(C(F)(F)F)nn(-c2c(Cl)cc(C(F)(F)F)cc2Cl)c1NC(=O)C1CC1. The Hall–Kier alpha value is -2.45. The second kappa shape index (κ2) is 7.11. The van der Waals surface area contributed by atoms with Crippen LogP contribution in [0.1, 0.15) is 29.7 Å². The number of alkyl halides is 6. The number of anilines is 1. The van der Waals surface area contributed by atoms with Crippen LogP contribution >= 0.6 is 23.2 Å². The summed E-state index contributed by atoms with van der Waals surface area (Å²) < 4.78 is 79.1. The number of carbonyl (C=O) groups excluding carboxylic acids is 1. The van der Waals surface area contributed by atoms with E-state index in [1.807, 2.05) is 0 Å². The summed E-state index contributed by atoms with van der Waals surface area (Å²) in [6.45, 7) is 0. The van der Waals surface area contributed by atoms with Gasteiger partial charge in [0.25, 0.3) is 0 Å². The molecule has 0 radical (unpaired) electrons. The number of hydrogen-bond acceptors (Lipinski definition) is 3. The van der Waals surface area contributed by atoms with Gasteiger partial charge in [-0.2, -0.15) is 36.7 Å². The van der Waals surface area contributed by atoms with Crippen LogP contribution < -0.4 is 5.32 Å². The Kier molecular flexibility index (Phi) is 5.21. The van der Waals surface area contributed by atoms with Crippen molar-refractivity contribution in [1.82, 2.24) is 9.78 Å². The van der Waals surface area contributed by atoms with E-state index in [2.05, 4.69) is 10.4 Å². The third-order valence-electron chi connectivity index (χ3n) is 4.01. The van der Waals surface area contributed by atoms with Crippen molar-refractivity contribution in [1.29, 1.82) is 5.26 Å². The van der Waals surface area contributed by atoms with E-state index in [9.17, 15) is 36.4 Å². The van der Waals surface area contributed by atoms with E-state index < -0.39 is 62.5 Å². The molecule has 29 heavy (non-hydrogen) atoms. The van der Waals surface area contributed by atoms with Crippen molar-refractivity contribution < 1.29 is 31.1 Å². The van der Waals surface area contributed by atoms with Gasteiger partial charge in [-0.05, 0) is 25.0 Å². The number of benzene rings is 1. The molecule has 0 bridgehead atoms. The Bertz CT molecular complexity index is 1010. The van der Waals surface area contributed by atoms with Gasteiger partial charge in [0.1, 0.15) is 17.3 Å². The summed E-state index contributed by atoms with van der Waals surface area (Å²) in [5, 5.41) is 13.3. The number of hydrogen-bond donors (Lipinski definition) is 1. The normalized spacial score (nSPS) is 14.6. The first-order valence-electron chi connectivity index (χ1n) is 7.82. The van der Waals surface area contributed by atoms with Crippen molar-refractivity contribution >= 4 is 34.9 Å². The van der Waals surface area contributed by atoms with Crippen LogP contribution in [0.2, 0.25) is 10.0 Å².